The van der Waals surface area contributed by atoms with Crippen molar-refractivity contribution in [2.45, 2.75) is 13.8 Å². The summed E-state index contributed by atoms with van der Waals surface area (Å²) in [5.41, 5.74) is 14.0. The summed E-state index contributed by atoms with van der Waals surface area (Å²) in [5, 5.41) is 4.70. The molecule has 6 nitrogen and oxygen atoms in total. The molecule has 0 saturated carbocycles. The maximum absolute atomic E-state index is 5.09. The summed E-state index contributed by atoms with van der Waals surface area (Å²) in [4.78, 5) is 19.8. The summed E-state index contributed by atoms with van der Waals surface area (Å²) in [7, 11) is 0. The topological polar surface area (TPSA) is 61.4 Å². The number of pyridine rings is 1. The van der Waals surface area contributed by atoms with Gasteiger partial charge in [-0.15, -0.1) is 0 Å². The van der Waals surface area contributed by atoms with E-state index in [0.717, 1.165) is 72.2 Å². The molecule has 0 bridgehead atoms. The van der Waals surface area contributed by atoms with E-state index in [4.69, 9.17) is 15.0 Å². The Morgan fingerprint density at radius 1 is 0.345 bits per heavy atom. The Morgan fingerprint density at radius 3 is 1.55 bits per heavy atom. The summed E-state index contributed by atoms with van der Waals surface area (Å²) < 4.78 is 4.79. The zero-order valence-electron chi connectivity index (χ0n) is 32.0. The van der Waals surface area contributed by atoms with E-state index >= 15 is 0 Å². The largest absolute Gasteiger partial charge is 0.309 e. The second kappa shape index (κ2) is 13.5. The highest BCUT2D eigenvalue weighted by Crippen LogP contribution is 2.41. The first-order chi connectivity index (χ1) is 28.6. The lowest BCUT2D eigenvalue weighted by atomic mass is 10.1. The number of hydrogen-bond acceptors (Lipinski definition) is 4. The van der Waals surface area contributed by atoms with Crippen LogP contribution in [0, 0.1) is 13.8 Å². The third-order valence-electron chi connectivity index (χ3n) is 11.1. The normalized spacial score (nSPS) is 11.6. The molecular weight excluding hydrogens is 709 g/mol. The third-order valence-corrected chi connectivity index (χ3v) is 11.1. The number of rotatable bonds is 6. The predicted molar refractivity (Wildman–Crippen MR) is 238 cm³/mol. The Hall–Kier alpha value is -7.70. The molecule has 0 aliphatic carbocycles. The number of fused-ring (bicyclic) bond motifs is 6. The monoisotopic (exact) mass is 744 g/mol. The van der Waals surface area contributed by atoms with Crippen LogP contribution in [0.25, 0.3) is 100 Å². The second-order valence-electron chi connectivity index (χ2n) is 14.9. The van der Waals surface area contributed by atoms with Gasteiger partial charge in [-0.3, -0.25) is 4.98 Å². The van der Waals surface area contributed by atoms with Crippen LogP contribution in [0.5, 0.6) is 0 Å². The van der Waals surface area contributed by atoms with Gasteiger partial charge in [0.1, 0.15) is 0 Å². The SMILES string of the molecule is Cc1ccc(-n2c3ccc(-c4nc(-c5ccccc5)nc(-c5ccccc5)n4)cc3c3cc4c5cc(C)ccc5n(-c5cccc(-c6ccccn6)c5)c4cc32)cc1. The highest BCUT2D eigenvalue weighted by molar-refractivity contribution is 6.19. The summed E-state index contributed by atoms with van der Waals surface area (Å²) in [5.74, 6) is 1.92. The number of benzene rings is 7. The zero-order chi connectivity index (χ0) is 38.7. The van der Waals surface area contributed by atoms with Crippen LogP contribution >= 0.6 is 0 Å². The van der Waals surface area contributed by atoms with Crippen molar-refractivity contribution in [2.75, 3.05) is 0 Å². The summed E-state index contributed by atoms with van der Waals surface area (Å²) >= 11 is 0. The zero-order valence-corrected chi connectivity index (χ0v) is 32.0. The van der Waals surface area contributed by atoms with E-state index in [-0.39, 0.29) is 0 Å². The number of nitrogens with zero attached hydrogens (tertiary/aromatic N) is 6. The molecule has 7 aromatic carbocycles. The Kier molecular flexibility index (Phi) is 7.83. The average Bonchev–Trinajstić information content (AvgIpc) is 3.77. The molecular formula is C52H36N6. The lowest BCUT2D eigenvalue weighted by Crippen LogP contribution is -2.00. The molecule has 274 valence electrons. The molecule has 0 radical (unpaired) electrons. The van der Waals surface area contributed by atoms with Crippen LogP contribution in [0.3, 0.4) is 0 Å². The number of aromatic nitrogens is 6. The van der Waals surface area contributed by atoms with E-state index in [9.17, 15) is 0 Å². The van der Waals surface area contributed by atoms with Gasteiger partial charge in [-0.25, -0.2) is 15.0 Å². The minimum atomic E-state index is 0.631. The molecule has 58 heavy (non-hydrogen) atoms. The van der Waals surface area contributed by atoms with Crippen LogP contribution < -0.4 is 0 Å². The van der Waals surface area contributed by atoms with E-state index in [0.29, 0.717) is 17.5 Å². The first-order valence-electron chi connectivity index (χ1n) is 19.5. The molecule has 0 saturated heterocycles. The molecule has 0 aliphatic heterocycles. The van der Waals surface area contributed by atoms with E-state index in [1.54, 1.807) is 0 Å². The fourth-order valence-electron chi connectivity index (χ4n) is 8.31. The van der Waals surface area contributed by atoms with Gasteiger partial charge in [0.15, 0.2) is 17.5 Å². The maximum atomic E-state index is 5.09. The van der Waals surface area contributed by atoms with E-state index in [2.05, 4.69) is 131 Å². The Balaban J connectivity index is 1.19. The highest BCUT2D eigenvalue weighted by Gasteiger charge is 2.21. The van der Waals surface area contributed by atoms with Gasteiger partial charge in [0.25, 0.3) is 0 Å². The molecule has 0 spiro atoms. The molecule has 0 N–H and O–H groups in total. The minimum Gasteiger partial charge on any atom is -0.309 e. The van der Waals surface area contributed by atoms with Crippen LogP contribution in [-0.2, 0) is 0 Å². The van der Waals surface area contributed by atoms with Crippen LogP contribution in [-0.4, -0.2) is 29.1 Å². The summed E-state index contributed by atoms with van der Waals surface area (Å²) in [6.45, 7) is 4.30. The first kappa shape index (κ1) is 33.6. The van der Waals surface area contributed by atoms with E-state index < -0.39 is 0 Å². The number of hydrogen-bond donors (Lipinski definition) is 0. The van der Waals surface area contributed by atoms with Crippen molar-refractivity contribution in [2.24, 2.45) is 0 Å². The van der Waals surface area contributed by atoms with Gasteiger partial charge in [0, 0.05) is 61.4 Å². The van der Waals surface area contributed by atoms with Crippen molar-refractivity contribution in [3.8, 4) is 56.8 Å². The molecule has 4 aromatic heterocycles. The quantitative estimate of drug-likeness (QED) is 0.170. The number of aryl methyl sites for hydroxylation is 2. The smallest absolute Gasteiger partial charge is 0.164 e. The molecule has 6 heteroatoms. The van der Waals surface area contributed by atoms with Crippen LogP contribution in [0.1, 0.15) is 11.1 Å². The van der Waals surface area contributed by atoms with Gasteiger partial charge < -0.3 is 9.13 Å². The van der Waals surface area contributed by atoms with Gasteiger partial charge in [-0.05, 0) is 92.7 Å². The maximum Gasteiger partial charge on any atom is 0.164 e. The van der Waals surface area contributed by atoms with Crippen molar-refractivity contribution in [1.29, 1.82) is 0 Å². The fraction of sp³-hybridized carbons (Fsp3) is 0.0385. The van der Waals surface area contributed by atoms with Gasteiger partial charge in [0.05, 0.1) is 27.8 Å². The molecule has 0 atom stereocenters. The van der Waals surface area contributed by atoms with Gasteiger partial charge >= 0.3 is 0 Å². The Labute approximate surface area is 335 Å². The molecule has 0 unspecified atom stereocenters. The lowest BCUT2D eigenvalue weighted by molar-refractivity contribution is 1.07. The van der Waals surface area contributed by atoms with Crippen molar-refractivity contribution >= 4 is 43.6 Å². The van der Waals surface area contributed by atoms with Gasteiger partial charge in [-0.1, -0.05) is 108 Å². The molecule has 4 heterocycles. The minimum absolute atomic E-state index is 0.631. The molecule has 11 aromatic rings. The standard InChI is InChI=1S/C52H36N6/c1-33-19-23-39(24-20-33)57-47-26-22-38(52-55-50(35-12-5-3-6-13-35)54-51(56-52)36-14-7-4-8-15-36)30-42(47)44-31-43-41-28-34(2)21-25-46(41)58(49(43)32-48(44)57)40-17-11-16-37(29-40)45-18-9-10-27-53-45/h3-32H,1-2H3. The summed E-state index contributed by atoms with van der Waals surface area (Å²) in [6.07, 6.45) is 1.85. The molecule has 0 amide bonds. The van der Waals surface area contributed by atoms with Crippen molar-refractivity contribution < 1.29 is 0 Å². The van der Waals surface area contributed by atoms with Crippen LogP contribution in [0.15, 0.2) is 182 Å². The predicted octanol–water partition coefficient (Wildman–Crippen LogP) is 12.7. The van der Waals surface area contributed by atoms with Crippen LogP contribution in [0.2, 0.25) is 0 Å². The second-order valence-corrected chi connectivity index (χ2v) is 14.9. The fourth-order valence-corrected chi connectivity index (χ4v) is 8.31. The van der Waals surface area contributed by atoms with Gasteiger partial charge in [-0.2, -0.15) is 0 Å². The molecule has 0 aliphatic rings. The lowest BCUT2D eigenvalue weighted by Gasteiger charge is -2.11. The van der Waals surface area contributed by atoms with Crippen molar-refractivity contribution in [3.63, 3.8) is 0 Å². The Morgan fingerprint density at radius 2 is 0.897 bits per heavy atom. The third kappa shape index (κ3) is 5.65. The first-order valence-corrected chi connectivity index (χ1v) is 19.5. The van der Waals surface area contributed by atoms with Crippen molar-refractivity contribution in [1.82, 2.24) is 29.1 Å². The summed E-state index contributed by atoms with van der Waals surface area (Å²) in [6, 6.07) is 62.0. The van der Waals surface area contributed by atoms with Crippen LogP contribution in [0.4, 0.5) is 0 Å². The highest BCUT2D eigenvalue weighted by atomic mass is 15.0. The Bertz CT molecular complexity index is 3270. The average molecular weight is 745 g/mol. The van der Waals surface area contributed by atoms with Crippen molar-refractivity contribution in [3.05, 3.63) is 193 Å². The van der Waals surface area contributed by atoms with Gasteiger partial charge in [0.2, 0.25) is 0 Å². The van der Waals surface area contributed by atoms with E-state index in [1.165, 1.54) is 21.9 Å². The molecule has 0 fully saturated rings. The van der Waals surface area contributed by atoms with E-state index in [1.807, 2.05) is 79.0 Å². The molecule has 11 rings (SSSR count).